The number of aromatic nitrogens is 2. The molecule has 11 aromatic carbocycles. The molecule has 15 rings (SSSR count). The summed E-state index contributed by atoms with van der Waals surface area (Å²) < 4.78 is 18.2. The highest BCUT2D eigenvalue weighted by Gasteiger charge is 2.24. The molecule has 0 aliphatic carbocycles. The van der Waals surface area contributed by atoms with Gasteiger partial charge in [-0.05, 0) is 125 Å². The summed E-state index contributed by atoms with van der Waals surface area (Å²) in [6.07, 6.45) is 0. The number of hydrogen-bond donors (Lipinski definition) is 0. The van der Waals surface area contributed by atoms with Crippen LogP contribution in [0.1, 0.15) is 0 Å². The van der Waals surface area contributed by atoms with Crippen LogP contribution < -0.4 is 4.90 Å². The number of anilines is 3. The zero-order valence-electron chi connectivity index (χ0n) is 38.3. The van der Waals surface area contributed by atoms with Gasteiger partial charge in [0.1, 0.15) is 11.2 Å². The van der Waals surface area contributed by atoms with E-state index in [9.17, 15) is 0 Å². The lowest BCUT2D eigenvalue weighted by Gasteiger charge is -2.25. The molecule has 71 heavy (non-hydrogen) atoms. The van der Waals surface area contributed by atoms with Gasteiger partial charge in [0.2, 0.25) is 0 Å². The van der Waals surface area contributed by atoms with E-state index in [0.29, 0.717) is 0 Å². The van der Waals surface area contributed by atoms with E-state index in [-0.39, 0.29) is 0 Å². The summed E-state index contributed by atoms with van der Waals surface area (Å²) in [5.74, 6) is 0. The van der Waals surface area contributed by atoms with Crippen LogP contribution in [-0.2, 0) is 0 Å². The number of benzene rings is 11. The van der Waals surface area contributed by atoms with E-state index in [1.165, 1.54) is 49.2 Å². The average Bonchev–Trinajstić information content (AvgIpc) is 4.20. The molecule has 0 N–H and O–H groups in total. The number of rotatable bonds is 7. The normalized spacial score (nSPS) is 11.9. The molecule has 5 nitrogen and oxygen atoms in total. The highest BCUT2D eigenvalue weighted by molar-refractivity contribution is 6.15. The first-order chi connectivity index (χ1) is 35.2. The molecule has 4 heterocycles. The summed E-state index contributed by atoms with van der Waals surface area (Å²) in [7, 11) is 0. The Morgan fingerprint density at radius 2 is 0.648 bits per heavy atom. The maximum absolute atomic E-state index is 6.70. The second kappa shape index (κ2) is 15.5. The number of furan rings is 2. The van der Waals surface area contributed by atoms with Gasteiger partial charge >= 0.3 is 0 Å². The number of nitrogens with zero attached hydrogens (tertiary/aromatic N) is 3. The van der Waals surface area contributed by atoms with Crippen LogP contribution in [0.15, 0.2) is 258 Å². The molecule has 0 bridgehead atoms. The van der Waals surface area contributed by atoms with Gasteiger partial charge in [0.25, 0.3) is 0 Å². The molecule has 15 aromatic rings. The van der Waals surface area contributed by atoms with Crippen molar-refractivity contribution in [3.8, 4) is 33.6 Å². The van der Waals surface area contributed by atoms with Crippen molar-refractivity contribution in [2.24, 2.45) is 0 Å². The molecule has 0 amide bonds. The van der Waals surface area contributed by atoms with Gasteiger partial charge < -0.3 is 22.9 Å². The molecule has 4 aromatic heterocycles. The Balaban J connectivity index is 0.881. The van der Waals surface area contributed by atoms with Crippen LogP contribution in [0, 0.1) is 0 Å². The third kappa shape index (κ3) is 6.06. The molecule has 0 atom stereocenters. The predicted octanol–water partition coefficient (Wildman–Crippen LogP) is 18.5. The lowest BCUT2D eigenvalue weighted by molar-refractivity contribution is 0.666. The molecule has 0 fully saturated rings. The molecule has 0 unspecified atom stereocenters. The van der Waals surface area contributed by atoms with Crippen molar-refractivity contribution in [2.75, 3.05) is 4.90 Å². The molecule has 0 radical (unpaired) electrons. The van der Waals surface area contributed by atoms with E-state index in [2.05, 4.69) is 238 Å². The minimum Gasteiger partial charge on any atom is -0.454 e. The van der Waals surface area contributed by atoms with Crippen LogP contribution in [0.3, 0.4) is 0 Å². The number of hydrogen-bond acceptors (Lipinski definition) is 3. The van der Waals surface area contributed by atoms with Crippen LogP contribution in [0.5, 0.6) is 0 Å². The van der Waals surface area contributed by atoms with E-state index >= 15 is 0 Å². The van der Waals surface area contributed by atoms with E-state index in [1.54, 1.807) is 0 Å². The van der Waals surface area contributed by atoms with Crippen molar-refractivity contribution >= 4 is 105 Å². The predicted molar refractivity (Wildman–Crippen MR) is 295 cm³/mol. The monoisotopic (exact) mass is 907 g/mol. The minimum absolute atomic E-state index is 0.823. The zero-order valence-corrected chi connectivity index (χ0v) is 38.3. The Hall–Kier alpha value is -9.58. The first kappa shape index (κ1) is 39.4. The third-order valence-electron chi connectivity index (χ3n) is 14.5. The molecule has 0 saturated carbocycles. The first-order valence-electron chi connectivity index (χ1n) is 24.2. The lowest BCUT2D eigenvalue weighted by atomic mass is 9.99. The fraction of sp³-hybridized carbons (Fsp3) is 0. The summed E-state index contributed by atoms with van der Waals surface area (Å²) in [5.41, 5.74) is 17.9. The van der Waals surface area contributed by atoms with Gasteiger partial charge in [-0.2, -0.15) is 0 Å². The number of para-hydroxylation sites is 7. The summed E-state index contributed by atoms with van der Waals surface area (Å²) in [5, 5.41) is 9.20. The van der Waals surface area contributed by atoms with Gasteiger partial charge in [-0.3, -0.25) is 0 Å². The van der Waals surface area contributed by atoms with Gasteiger partial charge in [0, 0.05) is 60.2 Å². The Morgan fingerprint density at radius 3 is 1.15 bits per heavy atom. The van der Waals surface area contributed by atoms with Crippen LogP contribution in [0.2, 0.25) is 0 Å². The highest BCUT2D eigenvalue weighted by atomic mass is 16.3. The van der Waals surface area contributed by atoms with Crippen molar-refractivity contribution < 1.29 is 8.83 Å². The van der Waals surface area contributed by atoms with E-state index in [1.807, 2.05) is 24.3 Å². The molecule has 5 heteroatoms. The molecular formula is C66H41N3O2. The van der Waals surface area contributed by atoms with Crippen molar-refractivity contribution in [2.45, 2.75) is 0 Å². The van der Waals surface area contributed by atoms with E-state index in [4.69, 9.17) is 8.83 Å². The maximum Gasteiger partial charge on any atom is 0.159 e. The van der Waals surface area contributed by atoms with Gasteiger partial charge in [-0.25, -0.2) is 0 Å². The van der Waals surface area contributed by atoms with Crippen LogP contribution >= 0.6 is 0 Å². The average molecular weight is 908 g/mol. The minimum atomic E-state index is 0.823. The second-order valence-electron chi connectivity index (χ2n) is 18.4. The van der Waals surface area contributed by atoms with Crippen molar-refractivity contribution in [1.29, 1.82) is 0 Å². The van der Waals surface area contributed by atoms with Gasteiger partial charge in [-0.1, -0.05) is 146 Å². The van der Waals surface area contributed by atoms with Crippen molar-refractivity contribution in [1.82, 2.24) is 9.13 Å². The molecule has 332 valence electrons. The van der Waals surface area contributed by atoms with Crippen molar-refractivity contribution in [3.63, 3.8) is 0 Å². The zero-order chi connectivity index (χ0) is 46.6. The summed E-state index contributed by atoms with van der Waals surface area (Å²) in [6, 6.07) is 89.2. The number of fused-ring (bicyclic) bond motifs is 12. The standard InChI is InChI=1S/C66H41N3O2/c1-3-15-46(16-4-1)67-57-24-10-7-19-49(57)54-40-44(32-37-58(54)67)45-33-38-60-56(41-45)55-39-43(31-36-59(55)68(60)47-17-5-2-6-18-47)42-29-34-48(35-30-42)69(61-25-13-22-52-50-20-8-11-27-63(50)70-65(52)61)62-26-14-23-53-51-21-9-12-28-64(51)71-66(53)62/h1-41H. The smallest absolute Gasteiger partial charge is 0.159 e. The second-order valence-corrected chi connectivity index (χ2v) is 18.4. The molecule has 0 aliphatic rings. The molecule has 0 aliphatic heterocycles. The molecule has 0 spiro atoms. The topological polar surface area (TPSA) is 39.4 Å². The Morgan fingerprint density at radius 1 is 0.268 bits per heavy atom. The summed E-state index contributed by atoms with van der Waals surface area (Å²) in [6.45, 7) is 0. The van der Waals surface area contributed by atoms with Crippen LogP contribution in [-0.4, -0.2) is 9.13 Å². The quantitative estimate of drug-likeness (QED) is 0.160. The molecular weight excluding hydrogens is 867 g/mol. The summed E-state index contributed by atoms with van der Waals surface area (Å²) >= 11 is 0. The highest BCUT2D eigenvalue weighted by Crippen LogP contribution is 2.47. The van der Waals surface area contributed by atoms with E-state index < -0.39 is 0 Å². The van der Waals surface area contributed by atoms with E-state index in [0.717, 1.165) is 89.0 Å². The van der Waals surface area contributed by atoms with Gasteiger partial charge in [-0.15, -0.1) is 0 Å². The maximum atomic E-state index is 6.70. The largest absolute Gasteiger partial charge is 0.454 e. The SMILES string of the molecule is c1ccc(-n2c3ccccc3c3cc(-c4ccc5c(c4)c4cc(-c6ccc(N(c7cccc8c7oc7ccccc78)c7cccc8c7oc7ccccc78)cc6)ccc4n5-c4ccccc4)ccc32)cc1. The van der Waals surface area contributed by atoms with Gasteiger partial charge in [0.15, 0.2) is 11.2 Å². The van der Waals surface area contributed by atoms with Crippen LogP contribution in [0.25, 0.3) is 121 Å². The Labute approximate surface area is 407 Å². The molecule has 0 saturated heterocycles. The lowest BCUT2D eigenvalue weighted by Crippen LogP contribution is -2.10. The Bertz CT molecular complexity index is 4460. The van der Waals surface area contributed by atoms with Crippen LogP contribution in [0.4, 0.5) is 17.1 Å². The van der Waals surface area contributed by atoms with Gasteiger partial charge in [0.05, 0.1) is 33.4 Å². The first-order valence-corrected chi connectivity index (χ1v) is 24.2. The summed E-state index contributed by atoms with van der Waals surface area (Å²) in [4.78, 5) is 2.29. The fourth-order valence-corrected chi connectivity index (χ4v) is 11.3. The Kier molecular flexibility index (Phi) is 8.59. The third-order valence-corrected chi connectivity index (χ3v) is 14.5. The fourth-order valence-electron chi connectivity index (χ4n) is 11.3. The van der Waals surface area contributed by atoms with Crippen molar-refractivity contribution in [3.05, 3.63) is 249 Å².